The maximum atomic E-state index is 13.6. The van der Waals surface area contributed by atoms with Gasteiger partial charge in [-0.15, -0.1) is 0 Å². The first-order valence-electron chi connectivity index (χ1n) is 5.00. The van der Waals surface area contributed by atoms with E-state index >= 15 is 0 Å². The van der Waals surface area contributed by atoms with Crippen LogP contribution in [0.15, 0.2) is 12.1 Å². The normalized spacial score (nSPS) is 11.6. The Balaban J connectivity index is 3.39. The summed E-state index contributed by atoms with van der Waals surface area (Å²) in [6.45, 7) is 2.58. The summed E-state index contributed by atoms with van der Waals surface area (Å²) in [5.41, 5.74) is 0.0529. The summed E-state index contributed by atoms with van der Waals surface area (Å²) < 4.78 is 31.1. The van der Waals surface area contributed by atoms with Gasteiger partial charge in [0.2, 0.25) is 0 Å². The molecule has 0 saturated carbocycles. The summed E-state index contributed by atoms with van der Waals surface area (Å²) in [4.78, 5) is 0. The first-order valence-corrected chi connectivity index (χ1v) is 5.00. The van der Waals surface area contributed by atoms with Crippen LogP contribution in [0.25, 0.3) is 0 Å². The van der Waals surface area contributed by atoms with Gasteiger partial charge in [0.05, 0.1) is 13.7 Å². The van der Waals surface area contributed by atoms with Gasteiger partial charge in [-0.25, -0.2) is 8.78 Å². The monoisotopic (exact) mass is 230 g/mol. The minimum Gasteiger partial charge on any atom is -0.493 e. The van der Waals surface area contributed by atoms with Gasteiger partial charge in [0.25, 0.3) is 0 Å². The van der Waals surface area contributed by atoms with Gasteiger partial charge in [0.1, 0.15) is 6.67 Å². The number of alkyl halides is 1. The average molecular weight is 230 g/mol. The van der Waals surface area contributed by atoms with E-state index in [-0.39, 0.29) is 17.9 Å². The number of aliphatic hydroxyl groups excluding tert-OH is 1. The molecule has 0 unspecified atom stereocenters. The molecule has 0 bridgehead atoms. The Bertz CT molecular complexity index is 376. The molecule has 0 radical (unpaired) electrons. The summed E-state index contributed by atoms with van der Waals surface area (Å²) in [5, 5.41) is 9.25. The van der Waals surface area contributed by atoms with Gasteiger partial charge < -0.3 is 9.84 Å². The van der Waals surface area contributed by atoms with Crippen LogP contribution >= 0.6 is 0 Å². The zero-order chi connectivity index (χ0) is 12.3. The fourth-order valence-corrected chi connectivity index (χ4v) is 1.52. The van der Waals surface area contributed by atoms with E-state index in [4.69, 9.17) is 4.74 Å². The van der Waals surface area contributed by atoms with Crippen molar-refractivity contribution in [2.75, 3.05) is 13.7 Å². The van der Waals surface area contributed by atoms with E-state index in [9.17, 15) is 13.9 Å². The summed E-state index contributed by atoms with van der Waals surface area (Å²) >= 11 is 0. The molecule has 0 aliphatic rings. The third-order valence-corrected chi connectivity index (χ3v) is 2.59. The maximum absolute atomic E-state index is 13.6. The molecule has 0 heterocycles. The molecule has 0 saturated heterocycles. The van der Waals surface area contributed by atoms with Crippen LogP contribution in [0.5, 0.6) is 5.75 Å². The van der Waals surface area contributed by atoms with Crippen molar-refractivity contribution in [3.8, 4) is 5.75 Å². The van der Waals surface area contributed by atoms with E-state index in [0.29, 0.717) is 5.56 Å². The third-order valence-electron chi connectivity index (χ3n) is 2.59. The Morgan fingerprint density at radius 1 is 1.38 bits per heavy atom. The highest BCUT2D eigenvalue weighted by molar-refractivity contribution is 5.43. The predicted octanol–water partition coefficient (Wildman–Crippen LogP) is 2.57. The van der Waals surface area contributed by atoms with Crippen LogP contribution < -0.4 is 4.74 Å². The minimum atomic E-state index is -0.741. The molecule has 0 aromatic heterocycles. The van der Waals surface area contributed by atoms with Crippen molar-refractivity contribution in [3.05, 3.63) is 29.1 Å². The number of rotatable bonds is 4. The summed E-state index contributed by atoms with van der Waals surface area (Å²) in [5.74, 6) is -0.537. The number of halogens is 2. The van der Waals surface area contributed by atoms with Gasteiger partial charge in [-0.2, -0.15) is 0 Å². The van der Waals surface area contributed by atoms with Crippen molar-refractivity contribution in [2.24, 2.45) is 0 Å². The Kier molecular flexibility index (Phi) is 3.86. The number of aliphatic hydroxyl groups is 1. The van der Waals surface area contributed by atoms with Crippen LogP contribution in [0.4, 0.5) is 8.78 Å². The molecular formula is C12H16F2O2. The van der Waals surface area contributed by atoms with Crippen molar-refractivity contribution >= 4 is 0 Å². The zero-order valence-electron chi connectivity index (χ0n) is 9.68. The second-order valence-electron chi connectivity index (χ2n) is 4.33. The number of hydrogen-bond acceptors (Lipinski definition) is 2. The molecule has 2 nitrogen and oxygen atoms in total. The van der Waals surface area contributed by atoms with E-state index in [1.54, 1.807) is 13.8 Å². The molecule has 0 fully saturated rings. The SMILES string of the molecule is COc1c(F)cc(CF)cc1C(C)(C)CO. The van der Waals surface area contributed by atoms with Crippen molar-refractivity contribution in [1.82, 2.24) is 0 Å². The molecule has 16 heavy (non-hydrogen) atoms. The highest BCUT2D eigenvalue weighted by Gasteiger charge is 2.26. The predicted molar refractivity (Wildman–Crippen MR) is 57.9 cm³/mol. The smallest absolute Gasteiger partial charge is 0.165 e. The van der Waals surface area contributed by atoms with Crippen molar-refractivity contribution in [1.29, 1.82) is 0 Å². The van der Waals surface area contributed by atoms with Gasteiger partial charge in [-0.1, -0.05) is 13.8 Å². The molecular weight excluding hydrogens is 214 g/mol. The van der Waals surface area contributed by atoms with Gasteiger partial charge in [0, 0.05) is 11.0 Å². The Hall–Kier alpha value is -1.16. The van der Waals surface area contributed by atoms with E-state index in [1.165, 1.54) is 13.2 Å². The van der Waals surface area contributed by atoms with Crippen LogP contribution in [0.1, 0.15) is 25.0 Å². The molecule has 0 atom stereocenters. The summed E-state index contributed by atoms with van der Waals surface area (Å²) in [6, 6.07) is 2.63. The minimum absolute atomic E-state index is 0.0660. The lowest BCUT2D eigenvalue weighted by atomic mass is 9.84. The van der Waals surface area contributed by atoms with Crippen LogP contribution in [0.3, 0.4) is 0 Å². The number of methoxy groups -OCH3 is 1. The maximum Gasteiger partial charge on any atom is 0.165 e. The van der Waals surface area contributed by atoms with Gasteiger partial charge in [-0.3, -0.25) is 0 Å². The zero-order valence-corrected chi connectivity index (χ0v) is 9.68. The summed E-state index contributed by atoms with van der Waals surface area (Å²) in [6.07, 6.45) is 0. The fraction of sp³-hybridized carbons (Fsp3) is 0.500. The molecule has 1 rings (SSSR count). The average Bonchev–Trinajstić information content (AvgIpc) is 2.27. The summed E-state index contributed by atoms with van der Waals surface area (Å²) in [7, 11) is 1.35. The van der Waals surface area contributed by atoms with Crippen molar-refractivity contribution in [2.45, 2.75) is 25.9 Å². The third kappa shape index (κ3) is 2.32. The molecule has 0 spiro atoms. The molecule has 0 aliphatic heterocycles. The highest BCUT2D eigenvalue weighted by atomic mass is 19.1. The van der Waals surface area contributed by atoms with E-state index in [0.717, 1.165) is 6.07 Å². The molecule has 90 valence electrons. The van der Waals surface area contributed by atoms with E-state index in [1.807, 2.05) is 0 Å². The van der Waals surface area contributed by atoms with Gasteiger partial charge in [-0.05, 0) is 17.7 Å². The Morgan fingerprint density at radius 3 is 2.44 bits per heavy atom. The lowest BCUT2D eigenvalue weighted by molar-refractivity contribution is 0.213. The Labute approximate surface area is 93.9 Å². The number of hydrogen-bond donors (Lipinski definition) is 1. The molecule has 1 N–H and O–H groups in total. The van der Waals surface area contributed by atoms with Crippen LogP contribution in [0.2, 0.25) is 0 Å². The Morgan fingerprint density at radius 2 is 2.00 bits per heavy atom. The van der Waals surface area contributed by atoms with Crippen LogP contribution in [-0.4, -0.2) is 18.8 Å². The van der Waals surface area contributed by atoms with Crippen LogP contribution in [0, 0.1) is 5.82 Å². The molecule has 0 amide bonds. The molecule has 1 aromatic carbocycles. The lowest BCUT2D eigenvalue weighted by Gasteiger charge is -2.25. The van der Waals surface area contributed by atoms with Gasteiger partial charge >= 0.3 is 0 Å². The van der Waals surface area contributed by atoms with E-state index < -0.39 is 17.9 Å². The number of benzene rings is 1. The molecule has 0 aliphatic carbocycles. The fourth-order valence-electron chi connectivity index (χ4n) is 1.52. The second-order valence-corrected chi connectivity index (χ2v) is 4.33. The number of ether oxygens (including phenoxy) is 1. The van der Waals surface area contributed by atoms with E-state index in [2.05, 4.69) is 0 Å². The first kappa shape index (κ1) is 12.9. The highest BCUT2D eigenvalue weighted by Crippen LogP contribution is 2.34. The topological polar surface area (TPSA) is 29.5 Å². The largest absolute Gasteiger partial charge is 0.493 e. The quantitative estimate of drug-likeness (QED) is 0.861. The van der Waals surface area contributed by atoms with Crippen molar-refractivity contribution < 1.29 is 18.6 Å². The molecule has 4 heteroatoms. The molecule has 1 aromatic rings. The first-order chi connectivity index (χ1) is 7.46. The van der Waals surface area contributed by atoms with Crippen molar-refractivity contribution in [3.63, 3.8) is 0 Å². The van der Waals surface area contributed by atoms with Gasteiger partial charge in [0.15, 0.2) is 11.6 Å². The lowest BCUT2D eigenvalue weighted by Crippen LogP contribution is -2.23. The second kappa shape index (κ2) is 4.78. The van der Waals surface area contributed by atoms with Crippen LogP contribution in [-0.2, 0) is 12.1 Å². The standard InChI is InChI=1S/C12H16F2O2/c1-12(2,7-15)9-4-8(6-13)5-10(14)11(9)16-3/h4-5,15H,6-7H2,1-3H3.